The van der Waals surface area contributed by atoms with E-state index in [0.29, 0.717) is 17.5 Å². The SMILES string of the molecule is CC(C)NC/C(=C/c1cccc(Cl)c1F)C(C)C. The summed E-state index contributed by atoms with van der Waals surface area (Å²) in [6, 6.07) is 5.50. The molecule has 0 heterocycles. The van der Waals surface area contributed by atoms with Crippen LogP contribution in [0.5, 0.6) is 0 Å². The van der Waals surface area contributed by atoms with Gasteiger partial charge in [-0.3, -0.25) is 0 Å². The molecular weight excluding hydrogens is 249 g/mol. The number of rotatable bonds is 5. The molecule has 1 aromatic rings. The molecule has 0 unspecified atom stereocenters. The van der Waals surface area contributed by atoms with E-state index in [1.807, 2.05) is 6.08 Å². The molecule has 0 fully saturated rings. The fraction of sp³-hybridized carbons (Fsp3) is 0.467. The van der Waals surface area contributed by atoms with Crippen LogP contribution < -0.4 is 5.32 Å². The van der Waals surface area contributed by atoms with Gasteiger partial charge in [0.15, 0.2) is 0 Å². The fourth-order valence-corrected chi connectivity index (χ4v) is 1.76. The van der Waals surface area contributed by atoms with Crippen LogP contribution in [0.4, 0.5) is 4.39 Å². The van der Waals surface area contributed by atoms with Gasteiger partial charge in [-0.05, 0) is 12.0 Å². The lowest BCUT2D eigenvalue weighted by atomic mass is 10.00. The standard InChI is InChI=1S/C15H21ClFN/c1-10(2)13(9-18-11(3)4)8-12-6-5-7-14(16)15(12)17/h5-8,10-11,18H,9H2,1-4H3/b13-8-. The topological polar surface area (TPSA) is 12.0 Å². The molecule has 18 heavy (non-hydrogen) atoms. The van der Waals surface area contributed by atoms with Crippen molar-refractivity contribution in [2.75, 3.05) is 6.54 Å². The minimum absolute atomic E-state index is 0.170. The molecule has 0 amide bonds. The van der Waals surface area contributed by atoms with Crippen LogP contribution in [0, 0.1) is 11.7 Å². The van der Waals surface area contributed by atoms with Gasteiger partial charge in [0, 0.05) is 18.2 Å². The van der Waals surface area contributed by atoms with Crippen molar-refractivity contribution in [3.8, 4) is 0 Å². The highest BCUT2D eigenvalue weighted by atomic mass is 35.5. The molecule has 0 bridgehead atoms. The molecule has 0 spiro atoms. The molecule has 3 heteroatoms. The van der Waals surface area contributed by atoms with Gasteiger partial charge in [-0.1, -0.05) is 63.1 Å². The first-order valence-electron chi connectivity index (χ1n) is 6.29. The minimum Gasteiger partial charge on any atom is -0.311 e. The zero-order valence-corrected chi connectivity index (χ0v) is 12.2. The molecule has 1 N–H and O–H groups in total. The molecule has 0 aliphatic heterocycles. The highest BCUT2D eigenvalue weighted by Crippen LogP contribution is 2.22. The quantitative estimate of drug-likeness (QED) is 0.829. The molecule has 0 saturated carbocycles. The average molecular weight is 270 g/mol. The lowest BCUT2D eigenvalue weighted by Crippen LogP contribution is -2.26. The summed E-state index contributed by atoms with van der Waals surface area (Å²) < 4.78 is 13.8. The molecule has 0 atom stereocenters. The van der Waals surface area contributed by atoms with Gasteiger partial charge in [0.2, 0.25) is 0 Å². The molecule has 0 aromatic heterocycles. The Labute approximate surface area is 114 Å². The zero-order valence-electron chi connectivity index (χ0n) is 11.4. The van der Waals surface area contributed by atoms with Crippen LogP contribution >= 0.6 is 11.6 Å². The Balaban J connectivity index is 2.97. The first-order valence-corrected chi connectivity index (χ1v) is 6.67. The van der Waals surface area contributed by atoms with Crippen molar-refractivity contribution in [3.63, 3.8) is 0 Å². The maximum atomic E-state index is 13.8. The second kappa shape index (κ2) is 6.91. The van der Waals surface area contributed by atoms with E-state index >= 15 is 0 Å². The Morgan fingerprint density at radius 2 is 2.00 bits per heavy atom. The number of nitrogens with one attached hydrogen (secondary N) is 1. The van der Waals surface area contributed by atoms with Gasteiger partial charge >= 0.3 is 0 Å². The number of hydrogen-bond acceptors (Lipinski definition) is 1. The third-order valence-electron chi connectivity index (χ3n) is 2.78. The minimum atomic E-state index is -0.345. The number of benzene rings is 1. The third-order valence-corrected chi connectivity index (χ3v) is 3.07. The van der Waals surface area contributed by atoms with E-state index in [1.165, 1.54) is 5.57 Å². The molecule has 1 rings (SSSR count). The van der Waals surface area contributed by atoms with Crippen LogP contribution in [0.3, 0.4) is 0 Å². The predicted molar refractivity (Wildman–Crippen MR) is 77.4 cm³/mol. The van der Waals surface area contributed by atoms with E-state index in [0.717, 1.165) is 6.54 Å². The summed E-state index contributed by atoms with van der Waals surface area (Å²) in [7, 11) is 0. The zero-order chi connectivity index (χ0) is 13.7. The van der Waals surface area contributed by atoms with Crippen molar-refractivity contribution in [1.29, 1.82) is 0 Å². The maximum Gasteiger partial charge on any atom is 0.148 e. The number of hydrogen-bond donors (Lipinski definition) is 1. The Kier molecular flexibility index (Phi) is 5.83. The lowest BCUT2D eigenvalue weighted by Gasteiger charge is -2.15. The normalized spacial score (nSPS) is 12.6. The van der Waals surface area contributed by atoms with Gasteiger partial charge in [-0.2, -0.15) is 0 Å². The van der Waals surface area contributed by atoms with Crippen LogP contribution in [0.2, 0.25) is 5.02 Å². The van der Waals surface area contributed by atoms with E-state index in [9.17, 15) is 4.39 Å². The highest BCUT2D eigenvalue weighted by molar-refractivity contribution is 6.30. The highest BCUT2D eigenvalue weighted by Gasteiger charge is 2.08. The smallest absolute Gasteiger partial charge is 0.148 e. The summed E-state index contributed by atoms with van der Waals surface area (Å²) in [5, 5.41) is 3.53. The second-order valence-corrected chi connectivity index (χ2v) is 5.46. The van der Waals surface area contributed by atoms with E-state index in [-0.39, 0.29) is 10.8 Å². The Morgan fingerprint density at radius 1 is 1.33 bits per heavy atom. The van der Waals surface area contributed by atoms with Gasteiger partial charge in [-0.15, -0.1) is 0 Å². The van der Waals surface area contributed by atoms with Crippen molar-refractivity contribution < 1.29 is 4.39 Å². The van der Waals surface area contributed by atoms with Crippen molar-refractivity contribution >= 4 is 17.7 Å². The van der Waals surface area contributed by atoms with E-state index in [1.54, 1.807) is 18.2 Å². The van der Waals surface area contributed by atoms with Crippen molar-refractivity contribution in [3.05, 3.63) is 40.2 Å². The molecule has 1 aromatic carbocycles. The van der Waals surface area contributed by atoms with E-state index < -0.39 is 0 Å². The predicted octanol–water partition coefficient (Wildman–Crippen LogP) is 4.52. The summed E-state index contributed by atoms with van der Waals surface area (Å²) in [5.41, 5.74) is 1.72. The summed E-state index contributed by atoms with van der Waals surface area (Å²) in [4.78, 5) is 0. The molecule has 0 aliphatic carbocycles. The van der Waals surface area contributed by atoms with Gasteiger partial charge in [0.05, 0.1) is 5.02 Å². The van der Waals surface area contributed by atoms with Gasteiger partial charge < -0.3 is 5.32 Å². The van der Waals surface area contributed by atoms with Crippen molar-refractivity contribution in [2.45, 2.75) is 33.7 Å². The largest absolute Gasteiger partial charge is 0.311 e. The van der Waals surface area contributed by atoms with Crippen LogP contribution in [0.25, 0.3) is 6.08 Å². The maximum absolute atomic E-state index is 13.8. The molecule has 0 aliphatic rings. The first-order chi connectivity index (χ1) is 8.41. The number of halogens is 2. The Bertz CT molecular complexity index is 425. The summed E-state index contributed by atoms with van der Waals surface area (Å²) >= 11 is 5.78. The molecule has 0 radical (unpaired) electrons. The second-order valence-electron chi connectivity index (χ2n) is 5.05. The van der Waals surface area contributed by atoms with Gasteiger partial charge in [-0.25, -0.2) is 4.39 Å². The fourth-order valence-electron chi connectivity index (χ4n) is 1.58. The molecular formula is C15H21ClFN. The lowest BCUT2D eigenvalue weighted by molar-refractivity contribution is 0.592. The van der Waals surface area contributed by atoms with Crippen LogP contribution in [-0.2, 0) is 0 Å². The monoisotopic (exact) mass is 269 g/mol. The Morgan fingerprint density at radius 3 is 2.56 bits per heavy atom. The summed E-state index contributed by atoms with van der Waals surface area (Å²) in [6.07, 6.45) is 1.89. The van der Waals surface area contributed by atoms with Gasteiger partial charge in [0.25, 0.3) is 0 Å². The van der Waals surface area contributed by atoms with E-state index in [4.69, 9.17) is 11.6 Å². The van der Waals surface area contributed by atoms with Crippen molar-refractivity contribution in [1.82, 2.24) is 5.32 Å². The summed E-state index contributed by atoms with van der Waals surface area (Å²) in [6.45, 7) is 9.17. The average Bonchev–Trinajstić information content (AvgIpc) is 2.29. The van der Waals surface area contributed by atoms with Crippen LogP contribution in [0.15, 0.2) is 23.8 Å². The van der Waals surface area contributed by atoms with Crippen LogP contribution in [0.1, 0.15) is 33.3 Å². The van der Waals surface area contributed by atoms with E-state index in [2.05, 4.69) is 33.0 Å². The summed E-state index contributed by atoms with van der Waals surface area (Å²) in [5.74, 6) is 0.0245. The molecule has 1 nitrogen and oxygen atoms in total. The van der Waals surface area contributed by atoms with Crippen molar-refractivity contribution in [2.24, 2.45) is 5.92 Å². The Hall–Kier alpha value is -0.860. The van der Waals surface area contributed by atoms with Crippen LogP contribution in [-0.4, -0.2) is 12.6 Å². The first kappa shape index (κ1) is 15.2. The molecule has 0 saturated heterocycles. The third kappa shape index (κ3) is 4.43. The van der Waals surface area contributed by atoms with Gasteiger partial charge in [0.1, 0.15) is 5.82 Å². The molecule has 100 valence electrons.